The van der Waals surface area contributed by atoms with Crippen molar-refractivity contribution in [1.29, 1.82) is 0 Å². The highest BCUT2D eigenvalue weighted by Gasteiger charge is 2.17. The van der Waals surface area contributed by atoms with Crippen molar-refractivity contribution >= 4 is 5.69 Å². The third-order valence-electron chi connectivity index (χ3n) is 3.02. The Kier molecular flexibility index (Phi) is 3.00. The van der Waals surface area contributed by atoms with E-state index in [0.29, 0.717) is 13.2 Å². The lowest BCUT2D eigenvalue weighted by Gasteiger charge is -2.10. The Morgan fingerprint density at radius 3 is 2.28 bits per heavy atom. The van der Waals surface area contributed by atoms with Gasteiger partial charge in [-0.2, -0.15) is 0 Å². The van der Waals surface area contributed by atoms with Crippen LogP contribution in [0.3, 0.4) is 0 Å². The van der Waals surface area contributed by atoms with Crippen LogP contribution in [0.5, 0.6) is 0 Å². The maximum absolute atomic E-state index is 5.79. The van der Waals surface area contributed by atoms with Crippen molar-refractivity contribution in [3.8, 4) is 11.1 Å². The summed E-state index contributed by atoms with van der Waals surface area (Å²) < 4.78 is 10.9. The molecule has 0 aliphatic carbocycles. The second-order valence-electron chi connectivity index (χ2n) is 4.32. The normalized spacial score (nSPS) is 16.0. The fourth-order valence-electron chi connectivity index (χ4n) is 2.10. The first-order valence-electron chi connectivity index (χ1n) is 6.02. The number of hydrogen-bond donors (Lipinski definition) is 1. The molecule has 18 heavy (non-hydrogen) atoms. The van der Waals surface area contributed by atoms with Gasteiger partial charge in [-0.05, 0) is 23.3 Å². The van der Waals surface area contributed by atoms with E-state index >= 15 is 0 Å². The number of rotatable bonds is 2. The predicted octanol–water partition coefficient (Wildman–Crippen LogP) is 2.98. The average molecular weight is 241 g/mol. The van der Waals surface area contributed by atoms with E-state index in [0.717, 1.165) is 22.4 Å². The second-order valence-corrected chi connectivity index (χ2v) is 4.32. The van der Waals surface area contributed by atoms with Gasteiger partial charge in [0.1, 0.15) is 0 Å². The summed E-state index contributed by atoms with van der Waals surface area (Å²) in [5.74, 6) is 0. The molecule has 3 rings (SSSR count). The minimum atomic E-state index is -0.208. The van der Waals surface area contributed by atoms with E-state index in [4.69, 9.17) is 15.2 Å². The molecule has 2 aromatic rings. The molecule has 0 spiro atoms. The summed E-state index contributed by atoms with van der Waals surface area (Å²) in [6.07, 6.45) is -0.208. The molecule has 3 nitrogen and oxygen atoms in total. The Hall–Kier alpha value is -1.84. The first-order valence-corrected chi connectivity index (χ1v) is 6.02. The minimum absolute atomic E-state index is 0.208. The molecule has 0 saturated carbocycles. The summed E-state index contributed by atoms with van der Waals surface area (Å²) in [4.78, 5) is 0. The summed E-state index contributed by atoms with van der Waals surface area (Å²) in [7, 11) is 0. The molecule has 3 heteroatoms. The zero-order valence-electron chi connectivity index (χ0n) is 10.0. The van der Waals surface area contributed by atoms with Crippen molar-refractivity contribution in [2.75, 3.05) is 18.9 Å². The Morgan fingerprint density at radius 1 is 0.889 bits per heavy atom. The zero-order chi connectivity index (χ0) is 12.4. The molecule has 0 bridgehead atoms. The molecule has 0 unspecified atom stereocenters. The van der Waals surface area contributed by atoms with E-state index in [9.17, 15) is 0 Å². The lowest BCUT2D eigenvalue weighted by molar-refractivity contribution is -0.0441. The molecule has 0 aromatic heterocycles. The maximum atomic E-state index is 5.79. The summed E-state index contributed by atoms with van der Waals surface area (Å²) in [6.45, 7) is 1.34. The van der Waals surface area contributed by atoms with Crippen LogP contribution >= 0.6 is 0 Å². The summed E-state index contributed by atoms with van der Waals surface area (Å²) in [5.41, 5.74) is 9.88. The maximum Gasteiger partial charge on any atom is 0.184 e. The van der Waals surface area contributed by atoms with Gasteiger partial charge >= 0.3 is 0 Å². The average Bonchev–Trinajstić information content (AvgIpc) is 2.93. The van der Waals surface area contributed by atoms with Crippen molar-refractivity contribution in [3.63, 3.8) is 0 Å². The molecule has 2 aromatic carbocycles. The lowest BCUT2D eigenvalue weighted by Crippen LogP contribution is -1.97. The molecule has 2 N–H and O–H groups in total. The standard InChI is InChI=1S/C15H15NO2/c16-14-3-1-2-13(10-14)11-4-6-12(7-5-11)15-17-8-9-18-15/h1-7,10,15H,8-9,16H2. The molecule has 1 fully saturated rings. The first kappa shape index (κ1) is 11.3. The topological polar surface area (TPSA) is 44.5 Å². The molecule has 1 aliphatic rings. The number of anilines is 1. The lowest BCUT2D eigenvalue weighted by atomic mass is 10.0. The SMILES string of the molecule is Nc1cccc(-c2ccc(C3OCCO3)cc2)c1. The van der Waals surface area contributed by atoms with E-state index in [1.165, 1.54) is 0 Å². The van der Waals surface area contributed by atoms with E-state index in [-0.39, 0.29) is 6.29 Å². The van der Waals surface area contributed by atoms with Crippen LogP contribution in [0.15, 0.2) is 48.5 Å². The highest BCUT2D eigenvalue weighted by molar-refractivity contribution is 5.67. The van der Waals surface area contributed by atoms with Gasteiger partial charge in [-0.25, -0.2) is 0 Å². The summed E-state index contributed by atoms with van der Waals surface area (Å²) in [6, 6.07) is 16.1. The highest BCUT2D eigenvalue weighted by Crippen LogP contribution is 2.27. The van der Waals surface area contributed by atoms with Crippen LogP contribution < -0.4 is 5.73 Å². The van der Waals surface area contributed by atoms with Crippen molar-refractivity contribution in [2.24, 2.45) is 0 Å². The Morgan fingerprint density at radius 2 is 1.61 bits per heavy atom. The van der Waals surface area contributed by atoms with Gasteiger partial charge in [0.25, 0.3) is 0 Å². The fourth-order valence-corrected chi connectivity index (χ4v) is 2.10. The summed E-state index contributed by atoms with van der Waals surface area (Å²) in [5, 5.41) is 0. The van der Waals surface area contributed by atoms with Gasteiger partial charge in [0.05, 0.1) is 13.2 Å². The molecule has 1 aliphatic heterocycles. The Bertz CT molecular complexity index is 530. The molecule has 92 valence electrons. The van der Waals surface area contributed by atoms with Crippen LogP contribution in [0, 0.1) is 0 Å². The summed E-state index contributed by atoms with van der Waals surface area (Å²) >= 11 is 0. The molecule has 1 heterocycles. The molecule has 1 saturated heterocycles. The minimum Gasteiger partial charge on any atom is -0.399 e. The van der Waals surface area contributed by atoms with Gasteiger partial charge in [0.2, 0.25) is 0 Å². The smallest absolute Gasteiger partial charge is 0.184 e. The van der Waals surface area contributed by atoms with Gasteiger partial charge in [-0.3, -0.25) is 0 Å². The van der Waals surface area contributed by atoms with Crippen molar-refractivity contribution in [3.05, 3.63) is 54.1 Å². The van der Waals surface area contributed by atoms with Crippen LogP contribution in [0.2, 0.25) is 0 Å². The molecule has 0 atom stereocenters. The third-order valence-corrected chi connectivity index (χ3v) is 3.02. The van der Waals surface area contributed by atoms with Gasteiger partial charge in [-0.1, -0.05) is 36.4 Å². The second kappa shape index (κ2) is 4.80. The van der Waals surface area contributed by atoms with Crippen molar-refractivity contribution < 1.29 is 9.47 Å². The van der Waals surface area contributed by atoms with E-state index in [1.54, 1.807) is 0 Å². The number of nitrogen functional groups attached to an aromatic ring is 1. The van der Waals surface area contributed by atoms with Crippen LogP contribution in [0.25, 0.3) is 11.1 Å². The van der Waals surface area contributed by atoms with Gasteiger partial charge in [-0.15, -0.1) is 0 Å². The molecular formula is C15H15NO2. The quantitative estimate of drug-likeness (QED) is 0.822. The molecule has 0 radical (unpaired) electrons. The molecule has 0 amide bonds. The Labute approximate surface area is 106 Å². The van der Waals surface area contributed by atoms with Gasteiger partial charge < -0.3 is 15.2 Å². The van der Waals surface area contributed by atoms with Crippen molar-refractivity contribution in [2.45, 2.75) is 6.29 Å². The van der Waals surface area contributed by atoms with Crippen LogP contribution in [-0.4, -0.2) is 13.2 Å². The third kappa shape index (κ3) is 2.23. The van der Waals surface area contributed by atoms with Gasteiger partial charge in [0.15, 0.2) is 6.29 Å². The first-order chi connectivity index (χ1) is 8.83. The van der Waals surface area contributed by atoms with E-state index in [1.807, 2.05) is 36.4 Å². The zero-order valence-corrected chi connectivity index (χ0v) is 10.0. The number of hydrogen-bond acceptors (Lipinski definition) is 3. The van der Waals surface area contributed by atoms with E-state index in [2.05, 4.69) is 12.1 Å². The van der Waals surface area contributed by atoms with Crippen molar-refractivity contribution in [1.82, 2.24) is 0 Å². The predicted molar refractivity (Wildman–Crippen MR) is 70.9 cm³/mol. The number of ether oxygens (including phenoxy) is 2. The van der Waals surface area contributed by atoms with E-state index < -0.39 is 0 Å². The highest BCUT2D eigenvalue weighted by atomic mass is 16.7. The van der Waals surface area contributed by atoms with Crippen LogP contribution in [0.1, 0.15) is 11.9 Å². The number of nitrogens with two attached hydrogens (primary N) is 1. The number of benzene rings is 2. The van der Waals surface area contributed by atoms with Crippen LogP contribution in [0.4, 0.5) is 5.69 Å². The van der Waals surface area contributed by atoms with Gasteiger partial charge in [0, 0.05) is 11.3 Å². The largest absolute Gasteiger partial charge is 0.399 e. The fraction of sp³-hybridized carbons (Fsp3) is 0.200. The molecular weight excluding hydrogens is 226 g/mol. The van der Waals surface area contributed by atoms with Crippen LogP contribution in [-0.2, 0) is 9.47 Å². The Balaban J connectivity index is 1.86. The monoisotopic (exact) mass is 241 g/mol.